The first-order chi connectivity index (χ1) is 13.2. The van der Waals surface area contributed by atoms with Gasteiger partial charge in [-0.25, -0.2) is 0 Å². The molecular weight excluding hydrogens is 338 g/mol. The molecule has 0 saturated carbocycles. The third kappa shape index (κ3) is 2.29. The molecule has 1 aromatic carbocycles. The van der Waals surface area contributed by atoms with Gasteiger partial charge in [0.25, 0.3) is 0 Å². The van der Waals surface area contributed by atoms with E-state index in [1.165, 1.54) is 0 Å². The Labute approximate surface area is 156 Å². The minimum absolute atomic E-state index is 0.0798. The quantitative estimate of drug-likeness (QED) is 0.776. The predicted octanol–water partition coefficient (Wildman–Crippen LogP) is 3.99. The van der Waals surface area contributed by atoms with Gasteiger partial charge in [-0.3, -0.25) is 19.4 Å². The molecule has 4 nitrogen and oxygen atoms in total. The average Bonchev–Trinajstić information content (AvgIpc) is 2.71. The molecule has 1 aromatic heterocycles. The molecule has 1 unspecified atom stereocenters. The fourth-order valence-electron chi connectivity index (χ4n) is 4.65. The highest BCUT2D eigenvalue weighted by Gasteiger charge is 2.43. The van der Waals surface area contributed by atoms with Crippen LogP contribution < -0.4 is 0 Å². The molecule has 0 amide bonds. The van der Waals surface area contributed by atoms with Crippen molar-refractivity contribution in [3.63, 3.8) is 0 Å². The van der Waals surface area contributed by atoms with Crippen molar-refractivity contribution in [2.75, 3.05) is 0 Å². The van der Waals surface area contributed by atoms with Crippen LogP contribution in [0.3, 0.4) is 0 Å². The van der Waals surface area contributed by atoms with E-state index < -0.39 is 5.92 Å². The third-order valence-corrected chi connectivity index (χ3v) is 5.83. The number of allylic oxidation sites excluding steroid dienone is 4. The lowest BCUT2D eigenvalue weighted by Crippen LogP contribution is -2.33. The lowest BCUT2D eigenvalue weighted by atomic mass is 9.65. The smallest absolute Gasteiger partial charge is 0.191 e. The summed E-state index contributed by atoms with van der Waals surface area (Å²) in [6, 6.07) is 10.7. The summed E-state index contributed by atoms with van der Waals surface area (Å²) in [5.41, 5.74) is 4.56. The maximum Gasteiger partial charge on any atom is 0.191 e. The Morgan fingerprint density at radius 2 is 1.52 bits per heavy atom. The van der Waals surface area contributed by atoms with Gasteiger partial charge in [0, 0.05) is 52.6 Å². The Bertz CT molecular complexity index is 1080. The number of Topliss-reactive ketones (excluding diaryl/α,β-unsaturated/α-hetero) is 3. The van der Waals surface area contributed by atoms with Crippen molar-refractivity contribution in [1.82, 2.24) is 4.98 Å². The average molecular weight is 355 g/mol. The predicted molar refractivity (Wildman–Crippen MR) is 99.6 cm³/mol. The first-order valence-electron chi connectivity index (χ1n) is 9.23. The maximum atomic E-state index is 13.4. The molecule has 3 aliphatic carbocycles. The maximum absolute atomic E-state index is 13.4. The van der Waals surface area contributed by atoms with Crippen molar-refractivity contribution in [3.8, 4) is 0 Å². The zero-order valence-corrected chi connectivity index (χ0v) is 14.7. The summed E-state index contributed by atoms with van der Waals surface area (Å²) in [6.45, 7) is 0. The fourth-order valence-corrected chi connectivity index (χ4v) is 4.65. The Morgan fingerprint density at radius 3 is 2.26 bits per heavy atom. The number of nitrogens with zero attached hydrogens (tertiary/aromatic N) is 1. The van der Waals surface area contributed by atoms with E-state index in [1.54, 1.807) is 36.7 Å². The van der Waals surface area contributed by atoms with E-state index in [0.29, 0.717) is 35.1 Å². The van der Waals surface area contributed by atoms with E-state index in [1.807, 2.05) is 12.1 Å². The number of fused-ring (bicyclic) bond motifs is 1. The monoisotopic (exact) mass is 355 g/mol. The molecule has 4 heteroatoms. The summed E-state index contributed by atoms with van der Waals surface area (Å²) in [5, 5.41) is 0. The molecule has 0 aliphatic heterocycles. The van der Waals surface area contributed by atoms with Crippen molar-refractivity contribution in [1.29, 1.82) is 0 Å². The van der Waals surface area contributed by atoms with E-state index in [-0.39, 0.29) is 17.3 Å². The van der Waals surface area contributed by atoms with Gasteiger partial charge in [0.1, 0.15) is 0 Å². The molecule has 0 fully saturated rings. The summed E-state index contributed by atoms with van der Waals surface area (Å²) in [7, 11) is 0. The van der Waals surface area contributed by atoms with E-state index in [0.717, 1.165) is 29.6 Å². The topological polar surface area (TPSA) is 64.1 Å². The van der Waals surface area contributed by atoms with Gasteiger partial charge in [-0.2, -0.15) is 0 Å². The molecule has 3 aliphatic rings. The highest BCUT2D eigenvalue weighted by molar-refractivity contribution is 6.28. The molecule has 0 saturated heterocycles. The molecule has 2 aromatic rings. The summed E-state index contributed by atoms with van der Waals surface area (Å²) < 4.78 is 0. The lowest BCUT2D eigenvalue weighted by Gasteiger charge is -2.36. The second-order valence-electron chi connectivity index (χ2n) is 7.28. The van der Waals surface area contributed by atoms with Gasteiger partial charge in [0.05, 0.1) is 0 Å². The number of carbonyl (C=O) groups is 3. The van der Waals surface area contributed by atoms with Crippen LogP contribution in [0.25, 0.3) is 0 Å². The Balaban J connectivity index is 1.77. The Kier molecular flexibility index (Phi) is 3.54. The van der Waals surface area contributed by atoms with Gasteiger partial charge in [0.2, 0.25) is 0 Å². The first-order valence-corrected chi connectivity index (χ1v) is 9.23. The number of carbonyl (C=O) groups excluding carboxylic acids is 3. The SMILES string of the molecule is O=C1CCCC2=C1C(c1ccncc1)C1=C(C2)C(=O)c2ccccc2C1=O. The number of benzene rings is 1. The van der Waals surface area contributed by atoms with Crippen LogP contribution in [-0.2, 0) is 4.79 Å². The third-order valence-electron chi connectivity index (χ3n) is 5.83. The highest BCUT2D eigenvalue weighted by atomic mass is 16.1. The zero-order valence-electron chi connectivity index (χ0n) is 14.7. The van der Waals surface area contributed by atoms with Crippen LogP contribution in [-0.4, -0.2) is 22.3 Å². The number of rotatable bonds is 1. The fraction of sp³-hybridized carbons (Fsp3) is 0.217. The number of pyridine rings is 1. The number of hydrogen-bond acceptors (Lipinski definition) is 4. The summed E-state index contributed by atoms with van der Waals surface area (Å²) in [5.74, 6) is -0.580. The zero-order chi connectivity index (χ0) is 18.5. The summed E-state index contributed by atoms with van der Waals surface area (Å²) in [6.07, 6.45) is 5.87. The van der Waals surface area contributed by atoms with Crippen LogP contribution in [0.2, 0.25) is 0 Å². The molecule has 1 heterocycles. The van der Waals surface area contributed by atoms with Crippen LogP contribution >= 0.6 is 0 Å². The standard InChI is InChI=1S/C23H17NO3/c25-18-7-3-4-14-12-17-21(20(19(14)18)13-8-10-24-11-9-13)23(27)16-6-2-1-5-15(16)22(17)26/h1-2,5-6,8-11,20H,3-4,7,12H2. The van der Waals surface area contributed by atoms with Crippen molar-refractivity contribution >= 4 is 17.3 Å². The van der Waals surface area contributed by atoms with Crippen LogP contribution in [0.4, 0.5) is 0 Å². The lowest BCUT2D eigenvalue weighted by molar-refractivity contribution is -0.116. The molecular formula is C23H17NO3. The van der Waals surface area contributed by atoms with Crippen molar-refractivity contribution in [2.45, 2.75) is 31.6 Å². The summed E-state index contributed by atoms with van der Waals surface area (Å²) >= 11 is 0. The number of aromatic nitrogens is 1. The van der Waals surface area contributed by atoms with Crippen molar-refractivity contribution in [3.05, 3.63) is 87.8 Å². The van der Waals surface area contributed by atoms with E-state index in [4.69, 9.17) is 0 Å². The minimum atomic E-state index is -0.468. The van der Waals surface area contributed by atoms with E-state index in [2.05, 4.69) is 4.98 Å². The first kappa shape index (κ1) is 16.1. The number of ketones is 3. The molecule has 132 valence electrons. The van der Waals surface area contributed by atoms with Crippen LogP contribution in [0.1, 0.15) is 57.9 Å². The second kappa shape index (κ2) is 5.95. The van der Waals surface area contributed by atoms with Gasteiger partial charge in [-0.1, -0.05) is 29.8 Å². The van der Waals surface area contributed by atoms with Gasteiger partial charge in [-0.15, -0.1) is 0 Å². The minimum Gasteiger partial charge on any atom is -0.295 e. The molecule has 0 N–H and O–H groups in total. The molecule has 5 rings (SSSR count). The molecule has 0 spiro atoms. The second-order valence-corrected chi connectivity index (χ2v) is 7.28. The van der Waals surface area contributed by atoms with Gasteiger partial charge in [0.15, 0.2) is 17.3 Å². The van der Waals surface area contributed by atoms with Crippen molar-refractivity contribution < 1.29 is 14.4 Å². The number of hydrogen-bond donors (Lipinski definition) is 0. The van der Waals surface area contributed by atoms with Gasteiger partial charge in [-0.05, 0) is 37.0 Å². The van der Waals surface area contributed by atoms with Gasteiger partial charge >= 0.3 is 0 Å². The van der Waals surface area contributed by atoms with Crippen molar-refractivity contribution in [2.24, 2.45) is 0 Å². The molecule has 0 bridgehead atoms. The molecule has 1 atom stereocenters. The van der Waals surface area contributed by atoms with Crippen LogP contribution in [0.5, 0.6) is 0 Å². The van der Waals surface area contributed by atoms with Gasteiger partial charge < -0.3 is 0 Å². The largest absolute Gasteiger partial charge is 0.295 e. The Hall–Kier alpha value is -3.14. The van der Waals surface area contributed by atoms with E-state index in [9.17, 15) is 14.4 Å². The highest BCUT2D eigenvalue weighted by Crippen LogP contribution is 2.49. The van der Waals surface area contributed by atoms with Crippen LogP contribution in [0.15, 0.2) is 71.1 Å². The van der Waals surface area contributed by atoms with Crippen LogP contribution in [0, 0.1) is 0 Å². The van der Waals surface area contributed by atoms with E-state index >= 15 is 0 Å². The Morgan fingerprint density at radius 1 is 0.815 bits per heavy atom. The normalized spacial score (nSPS) is 21.8. The molecule has 0 radical (unpaired) electrons. The molecule has 27 heavy (non-hydrogen) atoms. The summed E-state index contributed by atoms with van der Waals surface area (Å²) in [4.78, 5) is 43.5.